The van der Waals surface area contributed by atoms with Crippen LogP contribution in [0.25, 0.3) is 0 Å². The molecule has 2 aliphatic heterocycles. The molecule has 6 heteroatoms. The molecular formula is C15H18F3NO2. The number of alkyl halides is 3. The van der Waals surface area contributed by atoms with Crippen molar-refractivity contribution < 1.29 is 22.6 Å². The van der Waals surface area contributed by atoms with E-state index in [0.29, 0.717) is 25.4 Å². The monoisotopic (exact) mass is 301 g/mol. The van der Waals surface area contributed by atoms with Crippen molar-refractivity contribution >= 4 is 0 Å². The molecule has 1 aromatic rings. The van der Waals surface area contributed by atoms with Crippen molar-refractivity contribution in [3.05, 3.63) is 23.3 Å². The van der Waals surface area contributed by atoms with Crippen molar-refractivity contribution in [2.75, 3.05) is 19.8 Å². The van der Waals surface area contributed by atoms with Gasteiger partial charge in [-0.05, 0) is 37.9 Å². The third-order valence-electron chi connectivity index (χ3n) is 3.98. The highest BCUT2D eigenvalue weighted by Crippen LogP contribution is 2.43. The number of halogens is 3. The molecule has 2 aliphatic rings. The highest BCUT2D eigenvalue weighted by molar-refractivity contribution is 5.52. The Hall–Kier alpha value is -1.43. The number of nitrogens with one attached hydrogen (secondary N) is 1. The van der Waals surface area contributed by atoms with E-state index in [4.69, 9.17) is 9.47 Å². The van der Waals surface area contributed by atoms with Crippen LogP contribution in [0.3, 0.4) is 0 Å². The summed E-state index contributed by atoms with van der Waals surface area (Å²) >= 11 is 0. The highest BCUT2D eigenvalue weighted by Gasteiger charge is 2.37. The zero-order valence-corrected chi connectivity index (χ0v) is 11.6. The van der Waals surface area contributed by atoms with Crippen molar-refractivity contribution in [2.45, 2.75) is 37.9 Å². The summed E-state index contributed by atoms with van der Waals surface area (Å²) < 4.78 is 50.7. The van der Waals surface area contributed by atoms with Gasteiger partial charge in [-0.2, -0.15) is 13.2 Å². The molecule has 2 heterocycles. The van der Waals surface area contributed by atoms with Gasteiger partial charge in [0.25, 0.3) is 0 Å². The lowest BCUT2D eigenvalue weighted by Gasteiger charge is -2.28. The molecule has 0 saturated carbocycles. The molecule has 116 valence electrons. The van der Waals surface area contributed by atoms with Crippen LogP contribution in [0.5, 0.6) is 11.5 Å². The molecule has 1 unspecified atom stereocenters. The number of rotatable bonds is 2. The first-order valence-electron chi connectivity index (χ1n) is 7.28. The summed E-state index contributed by atoms with van der Waals surface area (Å²) in [6.07, 6.45) is -1.04. The molecule has 0 aromatic heterocycles. The van der Waals surface area contributed by atoms with Crippen molar-refractivity contribution in [1.29, 1.82) is 0 Å². The number of piperidine rings is 1. The predicted molar refractivity (Wildman–Crippen MR) is 71.8 cm³/mol. The molecule has 0 aliphatic carbocycles. The summed E-state index contributed by atoms with van der Waals surface area (Å²) in [4.78, 5) is 0. The fourth-order valence-corrected chi connectivity index (χ4v) is 2.99. The maximum Gasteiger partial charge on any atom is 0.416 e. The Balaban J connectivity index is 1.97. The second-order valence-electron chi connectivity index (χ2n) is 5.46. The Kier molecular flexibility index (Phi) is 3.97. The smallest absolute Gasteiger partial charge is 0.416 e. The van der Waals surface area contributed by atoms with Crippen LogP contribution in [0.15, 0.2) is 12.1 Å². The fraction of sp³-hybridized carbons (Fsp3) is 0.600. The van der Waals surface area contributed by atoms with Crippen LogP contribution in [-0.2, 0) is 12.6 Å². The van der Waals surface area contributed by atoms with Gasteiger partial charge in [-0.15, -0.1) is 0 Å². The molecule has 0 spiro atoms. The molecular weight excluding hydrogens is 283 g/mol. The summed E-state index contributed by atoms with van der Waals surface area (Å²) in [6, 6.07) is 2.53. The van der Waals surface area contributed by atoms with Gasteiger partial charge in [-0.1, -0.05) is 6.42 Å². The summed E-state index contributed by atoms with van der Waals surface area (Å²) in [6.45, 7) is 1.53. The van der Waals surface area contributed by atoms with Gasteiger partial charge in [0.1, 0.15) is 13.2 Å². The Morgan fingerprint density at radius 3 is 2.67 bits per heavy atom. The zero-order valence-electron chi connectivity index (χ0n) is 11.6. The van der Waals surface area contributed by atoms with E-state index in [1.807, 2.05) is 0 Å². The maximum absolute atomic E-state index is 13.3. The Bertz CT molecular complexity index is 510. The molecule has 1 atom stereocenters. The Morgan fingerprint density at radius 1 is 1.14 bits per heavy atom. The number of benzene rings is 1. The summed E-state index contributed by atoms with van der Waals surface area (Å²) in [5.74, 6) is 0.684. The van der Waals surface area contributed by atoms with Crippen LogP contribution in [0, 0.1) is 0 Å². The number of hydrogen-bond acceptors (Lipinski definition) is 3. The SMILES string of the molecule is FC(F)(F)c1ccc2c(c1CC1CCCCN1)OCCO2. The van der Waals surface area contributed by atoms with Crippen LogP contribution in [-0.4, -0.2) is 25.8 Å². The number of hydrogen-bond donors (Lipinski definition) is 1. The quantitative estimate of drug-likeness (QED) is 0.910. The molecule has 0 amide bonds. The average Bonchev–Trinajstić information content (AvgIpc) is 2.47. The van der Waals surface area contributed by atoms with Gasteiger partial charge in [0, 0.05) is 11.6 Å². The van der Waals surface area contributed by atoms with Crippen molar-refractivity contribution in [3.63, 3.8) is 0 Å². The van der Waals surface area contributed by atoms with E-state index in [0.717, 1.165) is 31.9 Å². The van der Waals surface area contributed by atoms with Crippen LogP contribution < -0.4 is 14.8 Å². The standard InChI is InChI=1S/C15H18F3NO2/c16-15(17,18)12-4-5-13-14(21-8-7-20-13)11(12)9-10-3-1-2-6-19-10/h4-5,10,19H,1-3,6-9H2. The van der Waals surface area contributed by atoms with E-state index < -0.39 is 11.7 Å². The van der Waals surface area contributed by atoms with Crippen LogP contribution >= 0.6 is 0 Å². The Labute approximate surface area is 121 Å². The fourth-order valence-electron chi connectivity index (χ4n) is 2.99. The van der Waals surface area contributed by atoms with Crippen molar-refractivity contribution in [2.24, 2.45) is 0 Å². The topological polar surface area (TPSA) is 30.5 Å². The van der Waals surface area contributed by atoms with E-state index in [2.05, 4.69) is 5.32 Å². The van der Waals surface area contributed by atoms with Gasteiger partial charge in [-0.3, -0.25) is 0 Å². The normalized spacial score (nSPS) is 22.1. The molecule has 21 heavy (non-hydrogen) atoms. The first-order valence-corrected chi connectivity index (χ1v) is 7.28. The van der Waals surface area contributed by atoms with Gasteiger partial charge in [0.15, 0.2) is 11.5 Å². The first-order chi connectivity index (χ1) is 10.1. The minimum Gasteiger partial charge on any atom is -0.486 e. The van der Waals surface area contributed by atoms with Gasteiger partial charge in [0.05, 0.1) is 5.56 Å². The van der Waals surface area contributed by atoms with E-state index in [1.54, 1.807) is 0 Å². The van der Waals surface area contributed by atoms with E-state index in [9.17, 15) is 13.2 Å². The number of fused-ring (bicyclic) bond motifs is 1. The predicted octanol–water partition coefficient (Wildman–Crippen LogP) is 3.16. The Morgan fingerprint density at radius 2 is 1.95 bits per heavy atom. The molecule has 3 nitrogen and oxygen atoms in total. The third-order valence-corrected chi connectivity index (χ3v) is 3.98. The van der Waals surface area contributed by atoms with E-state index >= 15 is 0 Å². The van der Waals surface area contributed by atoms with Crippen LogP contribution in [0.4, 0.5) is 13.2 Å². The van der Waals surface area contributed by atoms with E-state index in [1.165, 1.54) is 6.07 Å². The molecule has 0 bridgehead atoms. The van der Waals surface area contributed by atoms with Crippen LogP contribution in [0.2, 0.25) is 0 Å². The minimum absolute atomic E-state index is 0.0666. The van der Waals surface area contributed by atoms with Gasteiger partial charge < -0.3 is 14.8 Å². The summed E-state index contributed by atoms with van der Waals surface area (Å²) in [7, 11) is 0. The zero-order chi connectivity index (χ0) is 14.9. The molecule has 3 rings (SSSR count). The lowest BCUT2D eigenvalue weighted by molar-refractivity contribution is -0.138. The van der Waals surface area contributed by atoms with Gasteiger partial charge in [0.2, 0.25) is 0 Å². The summed E-state index contributed by atoms with van der Waals surface area (Å²) in [5.41, 5.74) is -0.391. The molecule has 1 fully saturated rings. The van der Waals surface area contributed by atoms with E-state index in [-0.39, 0.29) is 17.4 Å². The molecule has 0 radical (unpaired) electrons. The average molecular weight is 301 g/mol. The van der Waals surface area contributed by atoms with Gasteiger partial charge >= 0.3 is 6.18 Å². The summed E-state index contributed by atoms with van der Waals surface area (Å²) in [5, 5.41) is 3.29. The van der Waals surface area contributed by atoms with Gasteiger partial charge in [-0.25, -0.2) is 0 Å². The molecule has 1 aromatic carbocycles. The van der Waals surface area contributed by atoms with Crippen LogP contribution in [0.1, 0.15) is 30.4 Å². The van der Waals surface area contributed by atoms with Crippen molar-refractivity contribution in [1.82, 2.24) is 5.32 Å². The number of ether oxygens (including phenoxy) is 2. The maximum atomic E-state index is 13.3. The minimum atomic E-state index is -4.38. The molecule has 1 N–H and O–H groups in total. The highest BCUT2D eigenvalue weighted by atomic mass is 19.4. The molecule has 1 saturated heterocycles. The first kappa shape index (κ1) is 14.5. The third kappa shape index (κ3) is 3.10. The second kappa shape index (κ2) is 5.75. The second-order valence-corrected chi connectivity index (χ2v) is 5.46. The lowest BCUT2D eigenvalue weighted by atomic mass is 9.93. The largest absolute Gasteiger partial charge is 0.486 e. The lowest BCUT2D eigenvalue weighted by Crippen LogP contribution is -2.36. The van der Waals surface area contributed by atoms with Crippen molar-refractivity contribution in [3.8, 4) is 11.5 Å².